The van der Waals surface area contributed by atoms with E-state index in [9.17, 15) is 9.90 Å². The van der Waals surface area contributed by atoms with E-state index in [-0.39, 0.29) is 6.61 Å². The molecular formula is C14H15N3O3. The quantitative estimate of drug-likeness (QED) is 0.905. The van der Waals surface area contributed by atoms with Gasteiger partial charge >= 0.3 is 5.97 Å². The molecular weight excluding hydrogens is 258 g/mol. The van der Waals surface area contributed by atoms with Crippen LogP contribution in [-0.4, -0.2) is 32.7 Å². The number of aryl methyl sites for hydroxylation is 1. The topological polar surface area (TPSA) is 77.2 Å². The van der Waals surface area contributed by atoms with Crippen molar-refractivity contribution in [3.63, 3.8) is 0 Å². The molecule has 1 N–H and O–H groups in total. The summed E-state index contributed by atoms with van der Waals surface area (Å²) in [5, 5.41) is 17.5. The molecule has 0 spiro atoms. The zero-order valence-electron chi connectivity index (χ0n) is 11.1. The van der Waals surface area contributed by atoms with Crippen molar-refractivity contribution >= 4 is 5.97 Å². The summed E-state index contributed by atoms with van der Waals surface area (Å²) < 4.78 is 7.22. The number of aliphatic carboxylic acids is 1. The minimum Gasteiger partial charge on any atom is -0.492 e. The van der Waals surface area contributed by atoms with Crippen LogP contribution in [0, 0.1) is 5.41 Å². The minimum absolute atomic E-state index is 0.149. The van der Waals surface area contributed by atoms with Crippen molar-refractivity contribution < 1.29 is 14.6 Å². The molecule has 3 rings (SSSR count). The molecule has 0 saturated carbocycles. The molecule has 104 valence electrons. The number of hydrogen-bond donors (Lipinski definition) is 1. The van der Waals surface area contributed by atoms with Gasteiger partial charge in [-0.2, -0.15) is 0 Å². The van der Waals surface area contributed by atoms with Gasteiger partial charge in [-0.05, 0) is 18.1 Å². The predicted octanol–water partition coefficient (Wildman–Crippen LogP) is 1.06. The first kappa shape index (κ1) is 12.7. The van der Waals surface area contributed by atoms with E-state index >= 15 is 0 Å². The van der Waals surface area contributed by atoms with Crippen LogP contribution in [0.4, 0.5) is 0 Å². The highest BCUT2D eigenvalue weighted by Gasteiger charge is 2.43. The van der Waals surface area contributed by atoms with Gasteiger partial charge in [0.2, 0.25) is 0 Å². The fraction of sp³-hybridized carbons (Fsp3) is 0.357. The Labute approximate surface area is 116 Å². The van der Waals surface area contributed by atoms with E-state index in [0.717, 1.165) is 11.3 Å². The molecule has 1 aliphatic heterocycles. The van der Waals surface area contributed by atoms with Gasteiger partial charge in [-0.1, -0.05) is 23.4 Å². The van der Waals surface area contributed by atoms with Crippen molar-refractivity contribution in [2.75, 3.05) is 6.61 Å². The summed E-state index contributed by atoms with van der Waals surface area (Å²) in [4.78, 5) is 11.8. The van der Waals surface area contributed by atoms with Gasteiger partial charge in [0.05, 0.1) is 5.69 Å². The molecule has 0 bridgehead atoms. The number of para-hydroxylation sites is 1. The van der Waals surface area contributed by atoms with Gasteiger partial charge < -0.3 is 9.84 Å². The molecule has 2 heterocycles. The van der Waals surface area contributed by atoms with Crippen LogP contribution in [0.2, 0.25) is 0 Å². The summed E-state index contributed by atoms with van der Waals surface area (Å²) in [6.45, 7) is 0.149. The first-order valence-corrected chi connectivity index (χ1v) is 6.38. The first-order chi connectivity index (χ1) is 9.59. The highest BCUT2D eigenvalue weighted by Crippen LogP contribution is 2.36. The Balaban J connectivity index is 1.92. The third-order valence-corrected chi connectivity index (χ3v) is 3.63. The van der Waals surface area contributed by atoms with Crippen molar-refractivity contribution in [3.8, 4) is 5.75 Å². The highest BCUT2D eigenvalue weighted by molar-refractivity contribution is 5.76. The SMILES string of the molecule is Cn1cc(CC2(C(=O)O)COc3ccccc3C2)nn1. The summed E-state index contributed by atoms with van der Waals surface area (Å²) >= 11 is 0. The third-order valence-electron chi connectivity index (χ3n) is 3.63. The van der Waals surface area contributed by atoms with Crippen LogP contribution < -0.4 is 4.74 Å². The van der Waals surface area contributed by atoms with Gasteiger partial charge in [0.15, 0.2) is 0 Å². The lowest BCUT2D eigenvalue weighted by Crippen LogP contribution is -2.43. The molecule has 1 aromatic heterocycles. The molecule has 0 saturated heterocycles. The lowest BCUT2D eigenvalue weighted by molar-refractivity contribution is -0.151. The Morgan fingerprint density at radius 1 is 1.50 bits per heavy atom. The van der Waals surface area contributed by atoms with Crippen molar-refractivity contribution in [1.82, 2.24) is 15.0 Å². The second-order valence-corrected chi connectivity index (χ2v) is 5.22. The Morgan fingerprint density at radius 2 is 2.30 bits per heavy atom. The number of hydrogen-bond acceptors (Lipinski definition) is 4. The molecule has 0 radical (unpaired) electrons. The van der Waals surface area contributed by atoms with Gasteiger partial charge in [0, 0.05) is 19.7 Å². The molecule has 6 heteroatoms. The fourth-order valence-corrected chi connectivity index (χ4v) is 2.57. The zero-order valence-corrected chi connectivity index (χ0v) is 11.1. The van der Waals surface area contributed by atoms with Crippen LogP contribution in [0.1, 0.15) is 11.3 Å². The second kappa shape index (κ2) is 4.63. The average molecular weight is 273 g/mol. The molecule has 0 fully saturated rings. The average Bonchev–Trinajstić information content (AvgIpc) is 2.83. The lowest BCUT2D eigenvalue weighted by Gasteiger charge is -2.33. The Morgan fingerprint density at radius 3 is 3.00 bits per heavy atom. The number of carbonyl (C=O) groups is 1. The maximum absolute atomic E-state index is 11.8. The molecule has 1 aromatic carbocycles. The monoisotopic (exact) mass is 273 g/mol. The third kappa shape index (κ3) is 2.13. The van der Waals surface area contributed by atoms with E-state index < -0.39 is 11.4 Å². The van der Waals surface area contributed by atoms with Crippen molar-refractivity contribution in [2.45, 2.75) is 12.8 Å². The zero-order chi connectivity index (χ0) is 14.2. The van der Waals surface area contributed by atoms with Crippen LogP contribution in [0.3, 0.4) is 0 Å². The molecule has 6 nitrogen and oxygen atoms in total. The molecule has 20 heavy (non-hydrogen) atoms. The molecule has 1 atom stereocenters. The summed E-state index contributed by atoms with van der Waals surface area (Å²) in [7, 11) is 1.76. The molecule has 1 aliphatic rings. The number of nitrogens with zero attached hydrogens (tertiary/aromatic N) is 3. The lowest BCUT2D eigenvalue weighted by atomic mass is 9.77. The second-order valence-electron chi connectivity index (χ2n) is 5.22. The summed E-state index contributed by atoms with van der Waals surface area (Å²) in [6, 6.07) is 7.55. The van der Waals surface area contributed by atoms with Crippen LogP contribution in [-0.2, 0) is 24.7 Å². The van der Waals surface area contributed by atoms with E-state index in [1.165, 1.54) is 0 Å². The van der Waals surface area contributed by atoms with Crippen molar-refractivity contribution in [1.29, 1.82) is 0 Å². The normalized spacial score (nSPS) is 21.1. The Kier molecular flexibility index (Phi) is 2.93. The predicted molar refractivity (Wildman–Crippen MR) is 70.4 cm³/mol. The van der Waals surface area contributed by atoms with E-state index in [4.69, 9.17) is 4.74 Å². The van der Waals surface area contributed by atoms with Crippen molar-refractivity contribution in [2.24, 2.45) is 12.5 Å². The summed E-state index contributed by atoms with van der Waals surface area (Å²) in [5.41, 5.74) is 0.604. The van der Waals surface area contributed by atoms with Gasteiger partial charge in [-0.25, -0.2) is 0 Å². The van der Waals surface area contributed by atoms with Gasteiger partial charge in [0.1, 0.15) is 17.8 Å². The summed E-state index contributed by atoms with van der Waals surface area (Å²) in [6.07, 6.45) is 2.49. The van der Waals surface area contributed by atoms with Crippen molar-refractivity contribution in [3.05, 3.63) is 41.7 Å². The number of rotatable bonds is 3. The highest BCUT2D eigenvalue weighted by atomic mass is 16.5. The Bertz CT molecular complexity index is 653. The van der Waals surface area contributed by atoms with E-state index in [1.54, 1.807) is 17.9 Å². The van der Waals surface area contributed by atoms with Gasteiger partial charge in [-0.15, -0.1) is 5.10 Å². The van der Waals surface area contributed by atoms with Crippen LogP contribution in [0.25, 0.3) is 0 Å². The number of aromatic nitrogens is 3. The van der Waals surface area contributed by atoms with Crippen LogP contribution in [0.5, 0.6) is 5.75 Å². The number of ether oxygens (including phenoxy) is 1. The van der Waals surface area contributed by atoms with E-state index in [2.05, 4.69) is 10.3 Å². The van der Waals surface area contributed by atoms with Gasteiger partial charge in [-0.3, -0.25) is 9.48 Å². The van der Waals surface area contributed by atoms with Crippen LogP contribution in [0.15, 0.2) is 30.5 Å². The van der Waals surface area contributed by atoms with E-state index in [1.807, 2.05) is 24.3 Å². The largest absolute Gasteiger partial charge is 0.492 e. The molecule has 1 unspecified atom stereocenters. The number of benzene rings is 1. The molecule has 2 aromatic rings. The smallest absolute Gasteiger partial charge is 0.313 e. The molecule has 0 aliphatic carbocycles. The summed E-state index contributed by atoms with van der Waals surface area (Å²) in [5.74, 6) is -0.0961. The standard InChI is InChI=1S/C14H15N3O3/c1-17-8-11(15-16-17)7-14(13(18)19)6-10-4-2-3-5-12(10)20-9-14/h2-5,8H,6-7,9H2,1H3,(H,18,19). The maximum Gasteiger partial charge on any atom is 0.313 e. The first-order valence-electron chi connectivity index (χ1n) is 6.38. The maximum atomic E-state index is 11.8. The van der Waals surface area contributed by atoms with E-state index in [0.29, 0.717) is 18.5 Å². The Hall–Kier alpha value is -2.37. The molecule has 0 amide bonds. The van der Waals surface area contributed by atoms with Crippen LogP contribution >= 0.6 is 0 Å². The number of carboxylic acids is 1. The minimum atomic E-state index is -0.982. The number of carboxylic acid groups (broad SMARTS) is 1. The van der Waals surface area contributed by atoms with Gasteiger partial charge in [0.25, 0.3) is 0 Å². The fourth-order valence-electron chi connectivity index (χ4n) is 2.57. The number of fused-ring (bicyclic) bond motifs is 1.